The highest BCUT2D eigenvalue weighted by Crippen LogP contribution is 2.20. The van der Waals surface area contributed by atoms with E-state index in [1.165, 1.54) is 0 Å². The van der Waals surface area contributed by atoms with Gasteiger partial charge in [-0.05, 0) is 31.4 Å². The molecule has 0 spiro atoms. The highest BCUT2D eigenvalue weighted by molar-refractivity contribution is 5.82. The number of carbonyl (C=O) groups excluding carboxylic acids is 1. The number of H-pyrrole nitrogens is 1. The molecule has 0 aliphatic carbocycles. The first-order valence-electron chi connectivity index (χ1n) is 6.84. The van der Waals surface area contributed by atoms with Crippen molar-refractivity contribution in [3.63, 3.8) is 0 Å². The lowest BCUT2D eigenvalue weighted by Gasteiger charge is -2.10. The molecule has 0 aliphatic rings. The van der Waals surface area contributed by atoms with Gasteiger partial charge < -0.3 is 10.4 Å². The molecule has 2 rings (SSSR count). The summed E-state index contributed by atoms with van der Waals surface area (Å²) in [5.41, 5.74) is 2.77. The van der Waals surface area contributed by atoms with Gasteiger partial charge in [-0.3, -0.25) is 24.2 Å². The van der Waals surface area contributed by atoms with E-state index in [0.717, 1.165) is 16.8 Å². The van der Waals surface area contributed by atoms with Gasteiger partial charge in [0, 0.05) is 19.2 Å². The van der Waals surface area contributed by atoms with Crippen molar-refractivity contribution < 1.29 is 14.7 Å². The molecular weight excluding hydrogens is 288 g/mol. The van der Waals surface area contributed by atoms with Gasteiger partial charge in [0.1, 0.15) is 6.54 Å². The van der Waals surface area contributed by atoms with Crippen molar-refractivity contribution in [3.05, 3.63) is 27.2 Å². The molecule has 22 heavy (non-hydrogen) atoms. The van der Waals surface area contributed by atoms with Crippen LogP contribution in [-0.4, -0.2) is 38.3 Å². The van der Waals surface area contributed by atoms with E-state index in [1.54, 1.807) is 11.7 Å². The lowest BCUT2D eigenvalue weighted by atomic mass is 10.0. The topological polar surface area (TPSA) is 117 Å². The molecule has 0 unspecified atom stereocenters. The number of hydrogen-bond donors (Lipinski definition) is 3. The Morgan fingerprint density at radius 1 is 1.36 bits per heavy atom. The maximum absolute atomic E-state index is 11.9. The SMILES string of the molecule is Cc1nc2c(c(C)c1CCC(=O)NCC(=O)O)c(=O)[nH]n2C. The molecule has 0 aliphatic heterocycles. The van der Waals surface area contributed by atoms with Crippen molar-refractivity contribution in [3.8, 4) is 0 Å². The third-order valence-corrected chi connectivity index (χ3v) is 3.61. The predicted molar refractivity (Wildman–Crippen MR) is 79.8 cm³/mol. The second kappa shape index (κ2) is 6.00. The number of amides is 1. The molecule has 2 heterocycles. The highest BCUT2D eigenvalue weighted by atomic mass is 16.4. The van der Waals surface area contributed by atoms with Gasteiger partial charge in [-0.2, -0.15) is 0 Å². The molecular formula is C14H18N4O4. The zero-order valence-corrected chi connectivity index (χ0v) is 12.7. The fourth-order valence-corrected chi connectivity index (χ4v) is 2.52. The quantitative estimate of drug-likeness (QED) is 0.719. The van der Waals surface area contributed by atoms with Gasteiger partial charge in [0.15, 0.2) is 5.65 Å². The largest absolute Gasteiger partial charge is 0.480 e. The Morgan fingerprint density at radius 2 is 2.05 bits per heavy atom. The summed E-state index contributed by atoms with van der Waals surface area (Å²) in [6.45, 7) is 3.26. The Kier molecular flexibility index (Phi) is 4.30. The average molecular weight is 306 g/mol. The molecule has 0 aromatic carbocycles. The number of aryl methyl sites for hydroxylation is 3. The molecule has 1 amide bonds. The summed E-state index contributed by atoms with van der Waals surface area (Å²) in [6, 6.07) is 0. The van der Waals surface area contributed by atoms with E-state index in [2.05, 4.69) is 15.4 Å². The number of carbonyl (C=O) groups is 2. The third-order valence-electron chi connectivity index (χ3n) is 3.61. The fraction of sp³-hybridized carbons (Fsp3) is 0.429. The lowest BCUT2D eigenvalue weighted by Crippen LogP contribution is -2.29. The Balaban J connectivity index is 2.25. The molecule has 8 heteroatoms. The van der Waals surface area contributed by atoms with Crippen molar-refractivity contribution in [1.29, 1.82) is 0 Å². The molecule has 0 radical (unpaired) electrons. The van der Waals surface area contributed by atoms with E-state index in [4.69, 9.17) is 5.11 Å². The van der Waals surface area contributed by atoms with Gasteiger partial charge in [-0.25, -0.2) is 4.98 Å². The minimum atomic E-state index is -1.08. The van der Waals surface area contributed by atoms with Crippen LogP contribution in [0.3, 0.4) is 0 Å². The number of pyridine rings is 1. The maximum atomic E-state index is 11.9. The van der Waals surface area contributed by atoms with E-state index < -0.39 is 12.5 Å². The highest BCUT2D eigenvalue weighted by Gasteiger charge is 2.16. The predicted octanol–water partition coefficient (Wildman–Crippen LogP) is 0.0118. The first-order valence-corrected chi connectivity index (χ1v) is 6.84. The van der Waals surface area contributed by atoms with Crippen LogP contribution >= 0.6 is 0 Å². The number of nitrogens with one attached hydrogen (secondary N) is 2. The number of carboxylic acids is 1. The minimum absolute atomic E-state index is 0.146. The monoisotopic (exact) mass is 306 g/mol. The molecule has 2 aromatic rings. The summed E-state index contributed by atoms with van der Waals surface area (Å²) in [6.07, 6.45) is 0.549. The van der Waals surface area contributed by atoms with Gasteiger partial charge in [0.05, 0.1) is 5.39 Å². The Hall–Kier alpha value is -2.64. The molecule has 2 aromatic heterocycles. The van der Waals surface area contributed by atoms with Crippen LogP contribution < -0.4 is 10.9 Å². The van der Waals surface area contributed by atoms with Gasteiger partial charge in [0.2, 0.25) is 5.91 Å². The Bertz CT molecular complexity index is 803. The first-order chi connectivity index (χ1) is 10.3. The number of aliphatic carboxylic acids is 1. The first kappa shape index (κ1) is 15.7. The van der Waals surface area contributed by atoms with Crippen molar-refractivity contribution in [1.82, 2.24) is 20.1 Å². The average Bonchev–Trinajstić information content (AvgIpc) is 2.71. The van der Waals surface area contributed by atoms with Crippen molar-refractivity contribution in [2.45, 2.75) is 26.7 Å². The maximum Gasteiger partial charge on any atom is 0.322 e. The zero-order valence-electron chi connectivity index (χ0n) is 12.7. The Morgan fingerprint density at radius 3 is 2.68 bits per heavy atom. The molecule has 0 bridgehead atoms. The van der Waals surface area contributed by atoms with Crippen molar-refractivity contribution in [2.24, 2.45) is 7.05 Å². The summed E-state index contributed by atoms with van der Waals surface area (Å²) in [4.78, 5) is 38.4. The summed E-state index contributed by atoms with van der Waals surface area (Å²) >= 11 is 0. The molecule has 0 saturated carbocycles. The van der Waals surface area contributed by atoms with Crippen LogP contribution in [0.15, 0.2) is 4.79 Å². The van der Waals surface area contributed by atoms with Gasteiger partial charge in [-0.15, -0.1) is 0 Å². The van der Waals surface area contributed by atoms with E-state index in [9.17, 15) is 14.4 Å². The van der Waals surface area contributed by atoms with Crippen LogP contribution in [0.2, 0.25) is 0 Å². The van der Waals surface area contributed by atoms with E-state index in [1.807, 2.05) is 13.8 Å². The molecule has 0 atom stereocenters. The molecule has 0 fully saturated rings. The fourth-order valence-electron chi connectivity index (χ4n) is 2.52. The van der Waals surface area contributed by atoms with Gasteiger partial charge in [-0.1, -0.05) is 0 Å². The number of aromatic amines is 1. The summed E-state index contributed by atoms with van der Waals surface area (Å²) in [5.74, 6) is -1.43. The lowest BCUT2D eigenvalue weighted by molar-refractivity contribution is -0.137. The normalized spacial score (nSPS) is 10.9. The van der Waals surface area contributed by atoms with Crippen LogP contribution in [0, 0.1) is 13.8 Å². The van der Waals surface area contributed by atoms with Crippen LogP contribution in [0.5, 0.6) is 0 Å². The third kappa shape index (κ3) is 3.00. The van der Waals surface area contributed by atoms with Crippen LogP contribution in [0.1, 0.15) is 23.2 Å². The van der Waals surface area contributed by atoms with Crippen molar-refractivity contribution >= 4 is 22.9 Å². The summed E-state index contributed by atoms with van der Waals surface area (Å²) in [5, 5.41) is 14.0. The second-order valence-corrected chi connectivity index (χ2v) is 5.17. The summed E-state index contributed by atoms with van der Waals surface area (Å²) < 4.78 is 1.57. The van der Waals surface area contributed by atoms with Crippen LogP contribution in [0.25, 0.3) is 11.0 Å². The van der Waals surface area contributed by atoms with Gasteiger partial charge in [0.25, 0.3) is 5.56 Å². The molecule has 8 nitrogen and oxygen atoms in total. The summed E-state index contributed by atoms with van der Waals surface area (Å²) in [7, 11) is 1.72. The standard InChI is InChI=1S/C14H18N4O4/c1-7-9(4-5-10(19)15-6-11(20)21)8(2)16-13-12(7)14(22)17-18(13)3/h4-6H2,1-3H3,(H,15,19)(H,17,22)(H,20,21). The number of carboxylic acid groups (broad SMARTS) is 1. The van der Waals surface area contributed by atoms with Crippen LogP contribution in [-0.2, 0) is 23.1 Å². The number of hydrogen-bond acceptors (Lipinski definition) is 4. The van der Waals surface area contributed by atoms with E-state index >= 15 is 0 Å². The smallest absolute Gasteiger partial charge is 0.322 e. The number of fused-ring (bicyclic) bond motifs is 1. The molecule has 0 saturated heterocycles. The second-order valence-electron chi connectivity index (χ2n) is 5.17. The number of aromatic nitrogens is 3. The van der Waals surface area contributed by atoms with Crippen LogP contribution in [0.4, 0.5) is 0 Å². The van der Waals surface area contributed by atoms with E-state index in [-0.39, 0.29) is 17.9 Å². The zero-order chi connectivity index (χ0) is 16.4. The number of nitrogens with zero attached hydrogens (tertiary/aromatic N) is 2. The molecule has 118 valence electrons. The molecule has 3 N–H and O–H groups in total. The van der Waals surface area contributed by atoms with Gasteiger partial charge >= 0.3 is 5.97 Å². The van der Waals surface area contributed by atoms with E-state index in [0.29, 0.717) is 17.5 Å². The number of rotatable bonds is 5. The van der Waals surface area contributed by atoms with Crippen molar-refractivity contribution in [2.75, 3.05) is 6.54 Å². The Labute approximate surface area is 126 Å². The minimum Gasteiger partial charge on any atom is -0.480 e.